The smallest absolute Gasteiger partial charge is 0.255 e. The van der Waals surface area contributed by atoms with Crippen molar-refractivity contribution < 1.29 is 4.74 Å². The molecule has 1 N–H and O–H groups in total. The third-order valence-corrected chi connectivity index (χ3v) is 2.40. The summed E-state index contributed by atoms with van der Waals surface area (Å²) in [5, 5.41) is 2.82. The Balaban J connectivity index is 2.64. The lowest BCUT2D eigenvalue weighted by molar-refractivity contribution is 0.416. The fourth-order valence-corrected chi connectivity index (χ4v) is 1.59. The number of nitrogens with one attached hydrogen (secondary N) is 1. The minimum absolute atomic E-state index is 0.211. The Morgan fingerprint density at radius 3 is 2.71 bits per heavy atom. The molecule has 0 spiro atoms. The van der Waals surface area contributed by atoms with E-state index in [2.05, 4.69) is 10.2 Å². The molecule has 0 radical (unpaired) electrons. The van der Waals surface area contributed by atoms with Gasteiger partial charge in [0.1, 0.15) is 11.4 Å². The third kappa shape index (κ3) is 2.08. The minimum atomic E-state index is -0.211. The van der Waals surface area contributed by atoms with E-state index in [9.17, 15) is 9.70 Å². The summed E-state index contributed by atoms with van der Waals surface area (Å²) >= 11 is 0. The molecule has 17 heavy (non-hydrogen) atoms. The van der Waals surface area contributed by atoms with Crippen LogP contribution in [0.1, 0.15) is 0 Å². The highest BCUT2D eigenvalue weighted by Gasteiger charge is 2.09. The average molecular weight is 230 g/mol. The first kappa shape index (κ1) is 11.1. The number of methoxy groups -OCH3 is 1. The zero-order valence-electron chi connectivity index (χ0n) is 9.14. The molecule has 0 saturated carbocycles. The van der Waals surface area contributed by atoms with Crippen LogP contribution in [0.25, 0.3) is 11.1 Å². The molecule has 86 valence electrons. The predicted octanol–water partition coefficient (Wildman–Crippen LogP) is 2.45. The lowest BCUT2D eigenvalue weighted by Gasteiger charge is -2.07. The molecule has 0 aliphatic rings. The van der Waals surface area contributed by atoms with Crippen molar-refractivity contribution in [3.8, 4) is 16.9 Å². The summed E-state index contributed by atoms with van der Waals surface area (Å²) in [6, 6.07) is 8.08. The summed E-state index contributed by atoms with van der Waals surface area (Å²) in [4.78, 5) is 24.6. The van der Waals surface area contributed by atoms with Crippen molar-refractivity contribution in [2.45, 2.75) is 0 Å². The van der Waals surface area contributed by atoms with Gasteiger partial charge in [-0.1, -0.05) is 0 Å². The van der Waals surface area contributed by atoms with E-state index in [4.69, 9.17) is 4.74 Å². The number of benzene rings is 1. The summed E-state index contributed by atoms with van der Waals surface area (Å²) in [5.41, 5.74) is 1.17. The van der Waals surface area contributed by atoms with Gasteiger partial charge in [-0.15, -0.1) is 4.91 Å². The largest absolute Gasteiger partial charge is 0.496 e. The summed E-state index contributed by atoms with van der Waals surface area (Å²) in [6.45, 7) is 0. The van der Waals surface area contributed by atoms with Gasteiger partial charge in [-0.3, -0.25) is 4.79 Å². The number of pyridine rings is 1. The van der Waals surface area contributed by atoms with Gasteiger partial charge in [0, 0.05) is 17.8 Å². The standard InChI is InChI=1S/C12H10N2O3/c1-17-11-7-8(14-16)4-5-9(11)10-3-2-6-13-12(10)15/h2-7H,1H3,(H,13,15). The molecule has 2 rings (SSSR count). The van der Waals surface area contributed by atoms with Crippen LogP contribution in [-0.4, -0.2) is 12.1 Å². The Morgan fingerprint density at radius 1 is 1.24 bits per heavy atom. The first-order valence-corrected chi connectivity index (χ1v) is 4.95. The van der Waals surface area contributed by atoms with E-state index >= 15 is 0 Å². The maximum absolute atomic E-state index is 11.6. The van der Waals surface area contributed by atoms with Crippen LogP contribution in [0.5, 0.6) is 5.75 Å². The Bertz CT molecular complexity index is 605. The Hall–Kier alpha value is -2.43. The molecule has 5 heteroatoms. The molecule has 0 aliphatic heterocycles. The topological polar surface area (TPSA) is 71.5 Å². The molecule has 1 aromatic carbocycles. The average Bonchev–Trinajstić information content (AvgIpc) is 2.38. The van der Waals surface area contributed by atoms with Gasteiger partial charge in [-0.2, -0.15) is 0 Å². The van der Waals surface area contributed by atoms with Crippen molar-refractivity contribution in [1.29, 1.82) is 0 Å². The van der Waals surface area contributed by atoms with Crippen LogP contribution >= 0.6 is 0 Å². The van der Waals surface area contributed by atoms with E-state index in [1.165, 1.54) is 19.2 Å². The number of aromatic amines is 1. The van der Waals surface area contributed by atoms with Gasteiger partial charge in [-0.05, 0) is 29.4 Å². The number of nitroso groups, excluding NO2 is 1. The molecule has 0 fully saturated rings. The van der Waals surface area contributed by atoms with Crippen LogP contribution in [0.3, 0.4) is 0 Å². The molecule has 2 aromatic rings. The summed E-state index contributed by atoms with van der Waals surface area (Å²) in [7, 11) is 1.48. The molecule has 0 aliphatic carbocycles. The van der Waals surface area contributed by atoms with E-state index in [0.717, 1.165) is 0 Å². The third-order valence-electron chi connectivity index (χ3n) is 2.40. The first-order valence-electron chi connectivity index (χ1n) is 4.95. The van der Waals surface area contributed by atoms with Crippen molar-refractivity contribution in [2.75, 3.05) is 7.11 Å². The number of hydrogen-bond donors (Lipinski definition) is 1. The van der Waals surface area contributed by atoms with Gasteiger partial charge in [-0.25, -0.2) is 0 Å². The number of aromatic nitrogens is 1. The van der Waals surface area contributed by atoms with E-state index < -0.39 is 0 Å². The zero-order chi connectivity index (χ0) is 12.3. The van der Waals surface area contributed by atoms with Gasteiger partial charge >= 0.3 is 0 Å². The SMILES string of the molecule is COc1cc(N=O)ccc1-c1ccc[nH]c1=O. The quantitative estimate of drug-likeness (QED) is 0.823. The molecule has 0 unspecified atom stereocenters. The minimum Gasteiger partial charge on any atom is -0.496 e. The molecule has 0 saturated heterocycles. The van der Waals surface area contributed by atoms with Gasteiger partial charge < -0.3 is 9.72 Å². The fourth-order valence-electron chi connectivity index (χ4n) is 1.59. The number of nitrogens with zero attached hydrogens (tertiary/aromatic N) is 1. The van der Waals surface area contributed by atoms with Crippen LogP contribution in [0.4, 0.5) is 5.69 Å². The van der Waals surface area contributed by atoms with Crippen molar-refractivity contribution in [1.82, 2.24) is 4.98 Å². The number of H-pyrrole nitrogens is 1. The molecule has 1 heterocycles. The predicted molar refractivity (Wildman–Crippen MR) is 64.5 cm³/mol. The number of ether oxygens (including phenoxy) is 1. The summed E-state index contributed by atoms with van der Waals surface area (Å²) < 4.78 is 5.15. The van der Waals surface area contributed by atoms with Gasteiger partial charge in [0.05, 0.1) is 12.7 Å². The maximum Gasteiger partial charge on any atom is 0.255 e. The van der Waals surface area contributed by atoms with Gasteiger partial charge in [0.25, 0.3) is 5.56 Å². The molecule has 0 atom stereocenters. The summed E-state index contributed by atoms with van der Waals surface area (Å²) in [5.74, 6) is 0.443. The Morgan fingerprint density at radius 2 is 2.06 bits per heavy atom. The highest BCUT2D eigenvalue weighted by atomic mass is 16.5. The Kier molecular flexibility index (Phi) is 3.00. The molecular formula is C12H10N2O3. The summed E-state index contributed by atoms with van der Waals surface area (Å²) in [6.07, 6.45) is 1.56. The fraction of sp³-hybridized carbons (Fsp3) is 0.0833. The highest BCUT2D eigenvalue weighted by Crippen LogP contribution is 2.31. The zero-order valence-corrected chi connectivity index (χ0v) is 9.14. The first-order chi connectivity index (χ1) is 8.26. The molecular weight excluding hydrogens is 220 g/mol. The van der Waals surface area contributed by atoms with Crippen LogP contribution in [0, 0.1) is 4.91 Å². The van der Waals surface area contributed by atoms with Crippen LogP contribution in [0.2, 0.25) is 0 Å². The lowest BCUT2D eigenvalue weighted by Crippen LogP contribution is -2.07. The second kappa shape index (κ2) is 4.61. The van der Waals surface area contributed by atoms with Crippen LogP contribution in [0.15, 0.2) is 46.5 Å². The second-order valence-corrected chi connectivity index (χ2v) is 3.39. The normalized spacial score (nSPS) is 9.94. The van der Waals surface area contributed by atoms with Crippen LogP contribution < -0.4 is 10.3 Å². The van der Waals surface area contributed by atoms with Crippen LogP contribution in [-0.2, 0) is 0 Å². The number of hydrogen-bond acceptors (Lipinski definition) is 4. The molecule has 5 nitrogen and oxygen atoms in total. The lowest BCUT2D eigenvalue weighted by atomic mass is 10.1. The van der Waals surface area contributed by atoms with E-state index in [0.29, 0.717) is 16.9 Å². The highest BCUT2D eigenvalue weighted by molar-refractivity contribution is 5.72. The van der Waals surface area contributed by atoms with Crippen molar-refractivity contribution >= 4 is 5.69 Å². The second-order valence-electron chi connectivity index (χ2n) is 3.39. The molecule has 1 aromatic heterocycles. The van der Waals surface area contributed by atoms with Crippen molar-refractivity contribution in [3.05, 3.63) is 51.8 Å². The van der Waals surface area contributed by atoms with Gasteiger partial charge in [0.2, 0.25) is 0 Å². The maximum atomic E-state index is 11.6. The van der Waals surface area contributed by atoms with E-state index in [-0.39, 0.29) is 11.2 Å². The van der Waals surface area contributed by atoms with Crippen molar-refractivity contribution in [2.24, 2.45) is 5.18 Å². The Labute approximate surface area is 97.0 Å². The van der Waals surface area contributed by atoms with Gasteiger partial charge in [0.15, 0.2) is 0 Å². The van der Waals surface area contributed by atoms with Crippen molar-refractivity contribution in [3.63, 3.8) is 0 Å². The van der Waals surface area contributed by atoms with E-state index in [1.54, 1.807) is 24.4 Å². The monoisotopic (exact) mass is 230 g/mol. The van der Waals surface area contributed by atoms with E-state index in [1.807, 2.05) is 0 Å². The number of rotatable bonds is 3. The molecule has 0 amide bonds. The molecule has 0 bridgehead atoms.